The van der Waals surface area contributed by atoms with Crippen molar-refractivity contribution in [1.82, 2.24) is 0 Å². The Morgan fingerprint density at radius 2 is 0.540 bits per heavy atom. The monoisotopic (exact) mass is 654 g/mol. The van der Waals surface area contributed by atoms with Gasteiger partial charge in [-0.25, -0.2) is 0 Å². The van der Waals surface area contributed by atoms with E-state index in [0.29, 0.717) is 0 Å². The molecule has 0 amide bonds. The first-order chi connectivity index (χ1) is 23.4. The topological polar surface area (TPSA) is 0 Å². The maximum Gasteiger partial charge on any atom is -0.00199 e. The van der Waals surface area contributed by atoms with Gasteiger partial charge in [0.25, 0.3) is 0 Å². The molecule has 0 aliphatic rings. The van der Waals surface area contributed by atoms with Crippen LogP contribution in [0.5, 0.6) is 0 Å². The molecule has 0 heterocycles. The first-order valence-corrected chi connectivity index (χ1v) is 18.5. The Balaban J connectivity index is 1.86. The van der Waals surface area contributed by atoms with Crippen molar-refractivity contribution in [2.75, 3.05) is 0 Å². The smallest absolute Gasteiger partial charge is 0.00199 e. The van der Waals surface area contributed by atoms with Crippen molar-refractivity contribution in [3.05, 3.63) is 131 Å². The van der Waals surface area contributed by atoms with Gasteiger partial charge in [-0.05, 0) is 134 Å². The SMILES string of the molecule is CC(C)(C)c1cc2c(-c3cccc4ccccc34)c3cc(C(C)(C)C)c(C(C)(C)C)cc3c(-c3cccc4ccccc34)c2cc1C(C)(C)C. The Bertz CT molecular complexity index is 2160. The van der Waals surface area contributed by atoms with E-state index in [2.05, 4.69) is 192 Å². The standard InChI is InChI=1S/C50H54/c1-47(2,3)41-27-37-38(28-42(41)48(4,5)6)46(36-26-18-22-32-20-14-16-24-34(32)36)40-30-44(50(10,11)12)43(49(7,8)9)29-39(40)45(37)35-25-17-21-31-19-13-15-23-33(31)35/h13-30H,1-12H3. The van der Waals surface area contributed by atoms with Gasteiger partial charge in [0, 0.05) is 0 Å². The van der Waals surface area contributed by atoms with E-state index in [9.17, 15) is 0 Å². The summed E-state index contributed by atoms with van der Waals surface area (Å²) in [6.07, 6.45) is 0. The molecule has 0 aliphatic heterocycles. The lowest BCUT2D eigenvalue weighted by molar-refractivity contribution is 0.531. The summed E-state index contributed by atoms with van der Waals surface area (Å²) in [5.41, 5.74) is 10.8. The minimum atomic E-state index is -0.0337. The summed E-state index contributed by atoms with van der Waals surface area (Å²) in [5, 5.41) is 10.5. The van der Waals surface area contributed by atoms with Gasteiger partial charge in [0.15, 0.2) is 0 Å². The molecule has 0 N–H and O–H groups in total. The van der Waals surface area contributed by atoms with Gasteiger partial charge in [0.1, 0.15) is 0 Å². The third kappa shape index (κ3) is 5.72. The molecule has 7 aromatic carbocycles. The predicted molar refractivity (Wildman–Crippen MR) is 222 cm³/mol. The first-order valence-electron chi connectivity index (χ1n) is 18.5. The van der Waals surface area contributed by atoms with Gasteiger partial charge < -0.3 is 0 Å². The van der Waals surface area contributed by atoms with Gasteiger partial charge in [-0.3, -0.25) is 0 Å². The molecule has 0 aromatic heterocycles. The summed E-state index contributed by atoms with van der Waals surface area (Å²) in [4.78, 5) is 0. The molecule has 0 radical (unpaired) electrons. The molecule has 50 heavy (non-hydrogen) atoms. The second-order valence-electron chi connectivity index (χ2n) is 18.7. The van der Waals surface area contributed by atoms with Crippen LogP contribution in [0.25, 0.3) is 65.3 Å². The van der Waals surface area contributed by atoms with Crippen molar-refractivity contribution in [2.24, 2.45) is 0 Å². The summed E-state index contributed by atoms with van der Waals surface area (Å²) < 4.78 is 0. The number of hydrogen-bond acceptors (Lipinski definition) is 0. The highest BCUT2D eigenvalue weighted by molar-refractivity contribution is 6.25. The average molecular weight is 655 g/mol. The Hall–Kier alpha value is -4.42. The first kappa shape index (κ1) is 34.0. The lowest BCUT2D eigenvalue weighted by Gasteiger charge is -2.34. The van der Waals surface area contributed by atoms with Crippen molar-refractivity contribution >= 4 is 43.1 Å². The van der Waals surface area contributed by atoms with E-state index < -0.39 is 0 Å². The third-order valence-corrected chi connectivity index (χ3v) is 10.7. The second kappa shape index (κ2) is 11.6. The van der Waals surface area contributed by atoms with E-state index in [1.807, 2.05) is 0 Å². The quantitative estimate of drug-likeness (QED) is 0.163. The molecular weight excluding hydrogens is 601 g/mol. The maximum atomic E-state index is 2.58. The summed E-state index contributed by atoms with van der Waals surface area (Å²) in [7, 11) is 0. The average Bonchev–Trinajstić information content (AvgIpc) is 3.04. The largest absolute Gasteiger partial charge is 0.0616 e. The summed E-state index contributed by atoms with van der Waals surface area (Å²) in [6, 6.07) is 41.9. The highest BCUT2D eigenvalue weighted by Gasteiger charge is 2.31. The van der Waals surface area contributed by atoms with Crippen LogP contribution in [0.3, 0.4) is 0 Å². The van der Waals surface area contributed by atoms with Crippen LogP contribution in [0.15, 0.2) is 109 Å². The van der Waals surface area contributed by atoms with E-state index in [0.717, 1.165) is 0 Å². The number of hydrogen-bond donors (Lipinski definition) is 0. The fourth-order valence-electron chi connectivity index (χ4n) is 8.27. The van der Waals surface area contributed by atoms with Crippen molar-refractivity contribution in [2.45, 2.75) is 105 Å². The predicted octanol–water partition coefficient (Wildman–Crippen LogP) is 14.8. The van der Waals surface area contributed by atoms with Crippen molar-refractivity contribution in [3.8, 4) is 22.3 Å². The highest BCUT2D eigenvalue weighted by Crippen LogP contribution is 2.51. The molecule has 0 heteroatoms. The number of benzene rings is 7. The van der Waals surface area contributed by atoms with Crippen LogP contribution in [0, 0.1) is 0 Å². The molecule has 0 saturated heterocycles. The fraction of sp³-hybridized carbons (Fsp3) is 0.320. The molecule has 0 nitrogen and oxygen atoms in total. The molecule has 0 bridgehead atoms. The minimum Gasteiger partial charge on any atom is -0.0616 e. The summed E-state index contributed by atoms with van der Waals surface area (Å²) in [6.45, 7) is 28.5. The van der Waals surface area contributed by atoms with Crippen molar-refractivity contribution in [3.63, 3.8) is 0 Å². The molecule has 7 aromatic rings. The van der Waals surface area contributed by atoms with Gasteiger partial charge in [-0.1, -0.05) is 168 Å². The van der Waals surface area contributed by atoms with Gasteiger partial charge in [0.2, 0.25) is 0 Å². The van der Waals surface area contributed by atoms with E-state index in [4.69, 9.17) is 0 Å². The molecule has 0 aliphatic carbocycles. The van der Waals surface area contributed by atoms with Crippen LogP contribution in [-0.4, -0.2) is 0 Å². The maximum absolute atomic E-state index is 2.58. The van der Waals surface area contributed by atoms with Gasteiger partial charge >= 0.3 is 0 Å². The van der Waals surface area contributed by atoms with E-state index in [1.165, 1.54) is 87.6 Å². The lowest BCUT2D eigenvalue weighted by Crippen LogP contribution is -2.22. The van der Waals surface area contributed by atoms with E-state index in [1.54, 1.807) is 0 Å². The van der Waals surface area contributed by atoms with Gasteiger partial charge in [0.05, 0.1) is 0 Å². The van der Waals surface area contributed by atoms with E-state index in [-0.39, 0.29) is 21.7 Å². The molecule has 0 unspecified atom stereocenters. The van der Waals surface area contributed by atoms with Crippen molar-refractivity contribution < 1.29 is 0 Å². The zero-order valence-corrected chi connectivity index (χ0v) is 32.4. The second-order valence-corrected chi connectivity index (χ2v) is 18.7. The van der Waals surface area contributed by atoms with Crippen LogP contribution in [0.4, 0.5) is 0 Å². The lowest BCUT2D eigenvalue weighted by atomic mass is 9.70. The minimum absolute atomic E-state index is 0.0337. The molecular formula is C50H54. The normalized spacial score (nSPS) is 13.2. The Morgan fingerprint density at radius 1 is 0.280 bits per heavy atom. The van der Waals surface area contributed by atoms with Gasteiger partial charge in [-0.15, -0.1) is 0 Å². The summed E-state index contributed by atoms with van der Waals surface area (Å²) in [5.74, 6) is 0. The summed E-state index contributed by atoms with van der Waals surface area (Å²) >= 11 is 0. The third-order valence-electron chi connectivity index (χ3n) is 10.7. The highest BCUT2D eigenvalue weighted by atomic mass is 14.4. The fourth-order valence-corrected chi connectivity index (χ4v) is 8.27. The Morgan fingerprint density at radius 3 is 0.820 bits per heavy atom. The number of rotatable bonds is 2. The molecule has 0 spiro atoms. The zero-order valence-electron chi connectivity index (χ0n) is 32.4. The van der Waals surface area contributed by atoms with E-state index >= 15 is 0 Å². The van der Waals surface area contributed by atoms with Crippen LogP contribution in [-0.2, 0) is 21.7 Å². The number of fused-ring (bicyclic) bond motifs is 4. The van der Waals surface area contributed by atoms with Crippen LogP contribution < -0.4 is 0 Å². The molecule has 0 fully saturated rings. The van der Waals surface area contributed by atoms with Crippen LogP contribution in [0.1, 0.15) is 105 Å². The molecule has 254 valence electrons. The molecule has 0 atom stereocenters. The van der Waals surface area contributed by atoms with Crippen LogP contribution in [0.2, 0.25) is 0 Å². The zero-order chi connectivity index (χ0) is 36.0. The Labute approximate surface area is 300 Å². The van der Waals surface area contributed by atoms with Gasteiger partial charge in [-0.2, -0.15) is 0 Å². The van der Waals surface area contributed by atoms with Crippen molar-refractivity contribution in [1.29, 1.82) is 0 Å². The molecule has 0 saturated carbocycles. The van der Waals surface area contributed by atoms with Crippen LogP contribution >= 0.6 is 0 Å². The molecule has 7 rings (SSSR count). The Kier molecular flexibility index (Phi) is 7.87.